The summed E-state index contributed by atoms with van der Waals surface area (Å²) in [7, 11) is 0. The lowest BCUT2D eigenvalue weighted by atomic mass is 10.1. The number of nitriles is 1. The Morgan fingerprint density at radius 1 is 1.62 bits per heavy atom. The molecule has 0 saturated heterocycles. The highest BCUT2D eigenvalue weighted by molar-refractivity contribution is 9.10. The first-order valence-electron chi connectivity index (χ1n) is 4.62. The third kappa shape index (κ3) is 3.04. The topological polar surface area (TPSA) is 50.1 Å². The van der Waals surface area contributed by atoms with Gasteiger partial charge >= 0.3 is 5.97 Å². The molecule has 1 aromatic carbocycles. The maximum atomic E-state index is 13.3. The van der Waals surface area contributed by atoms with Crippen molar-refractivity contribution in [2.45, 2.75) is 13.3 Å². The van der Waals surface area contributed by atoms with Gasteiger partial charge < -0.3 is 4.74 Å². The van der Waals surface area contributed by atoms with Crippen molar-refractivity contribution >= 4 is 21.9 Å². The smallest absolute Gasteiger partial charge is 0.310 e. The van der Waals surface area contributed by atoms with Crippen LogP contribution in [0.4, 0.5) is 4.39 Å². The van der Waals surface area contributed by atoms with Crippen LogP contribution in [0, 0.1) is 17.1 Å². The van der Waals surface area contributed by atoms with Gasteiger partial charge in [-0.1, -0.05) is 15.9 Å². The SMILES string of the molecule is CCOC(=O)Cc1cc(Br)cc(F)c1C#N. The van der Waals surface area contributed by atoms with Crippen LogP contribution in [0.25, 0.3) is 0 Å². The predicted octanol–water partition coefficient (Wildman–Crippen LogP) is 2.57. The van der Waals surface area contributed by atoms with Gasteiger partial charge in [0.2, 0.25) is 0 Å². The number of halogens is 2. The Balaban J connectivity index is 3.04. The zero-order chi connectivity index (χ0) is 12.1. The summed E-state index contributed by atoms with van der Waals surface area (Å²) >= 11 is 3.10. The van der Waals surface area contributed by atoms with E-state index in [-0.39, 0.29) is 18.6 Å². The molecule has 0 heterocycles. The molecule has 0 atom stereocenters. The van der Waals surface area contributed by atoms with Crippen molar-refractivity contribution in [2.24, 2.45) is 0 Å². The van der Waals surface area contributed by atoms with Gasteiger partial charge in [-0.3, -0.25) is 4.79 Å². The number of carbonyl (C=O) groups excluding carboxylic acids is 1. The summed E-state index contributed by atoms with van der Waals surface area (Å²) in [6, 6.07) is 4.46. The first-order chi connectivity index (χ1) is 7.58. The Labute approximate surface area is 101 Å². The van der Waals surface area contributed by atoms with E-state index in [0.29, 0.717) is 10.0 Å². The second kappa shape index (κ2) is 5.61. The lowest BCUT2D eigenvalue weighted by Crippen LogP contribution is -2.09. The minimum atomic E-state index is -0.642. The number of rotatable bonds is 3. The summed E-state index contributed by atoms with van der Waals surface area (Å²) in [6.45, 7) is 1.95. The Morgan fingerprint density at radius 3 is 2.88 bits per heavy atom. The highest BCUT2D eigenvalue weighted by Gasteiger charge is 2.13. The Morgan fingerprint density at radius 2 is 2.31 bits per heavy atom. The van der Waals surface area contributed by atoms with E-state index in [1.807, 2.05) is 0 Å². The molecule has 0 amide bonds. The maximum absolute atomic E-state index is 13.3. The summed E-state index contributed by atoms with van der Waals surface area (Å²) in [6.07, 6.45) is -0.104. The summed E-state index contributed by atoms with van der Waals surface area (Å²) < 4.78 is 18.6. The molecule has 3 nitrogen and oxygen atoms in total. The summed E-state index contributed by atoms with van der Waals surface area (Å²) in [5, 5.41) is 8.78. The minimum Gasteiger partial charge on any atom is -0.466 e. The highest BCUT2D eigenvalue weighted by atomic mass is 79.9. The van der Waals surface area contributed by atoms with E-state index in [1.165, 1.54) is 6.07 Å². The maximum Gasteiger partial charge on any atom is 0.310 e. The summed E-state index contributed by atoms with van der Waals surface area (Å²) in [5.74, 6) is -1.12. The molecule has 84 valence electrons. The lowest BCUT2D eigenvalue weighted by Gasteiger charge is -2.05. The molecule has 5 heteroatoms. The van der Waals surface area contributed by atoms with Crippen molar-refractivity contribution in [3.05, 3.63) is 33.5 Å². The van der Waals surface area contributed by atoms with Gasteiger partial charge in [-0.25, -0.2) is 4.39 Å². The summed E-state index contributed by atoms with van der Waals surface area (Å²) in [5.41, 5.74) is 0.212. The highest BCUT2D eigenvalue weighted by Crippen LogP contribution is 2.20. The fraction of sp³-hybridized carbons (Fsp3) is 0.273. The van der Waals surface area contributed by atoms with Crippen LogP contribution < -0.4 is 0 Å². The number of hydrogen-bond acceptors (Lipinski definition) is 3. The van der Waals surface area contributed by atoms with Crippen LogP contribution in [0.5, 0.6) is 0 Å². The molecule has 0 unspecified atom stereocenters. The molecule has 0 radical (unpaired) electrons. The molecule has 0 bridgehead atoms. The van der Waals surface area contributed by atoms with Crippen molar-refractivity contribution in [2.75, 3.05) is 6.61 Å². The van der Waals surface area contributed by atoms with Crippen LogP contribution in [0.2, 0.25) is 0 Å². The standard InChI is InChI=1S/C11H9BrFNO2/c1-2-16-11(15)4-7-3-8(12)5-10(13)9(7)6-14/h3,5H,2,4H2,1H3. The van der Waals surface area contributed by atoms with E-state index in [2.05, 4.69) is 15.9 Å². The van der Waals surface area contributed by atoms with Crippen molar-refractivity contribution < 1.29 is 13.9 Å². The second-order valence-electron chi connectivity index (χ2n) is 3.02. The first-order valence-corrected chi connectivity index (χ1v) is 5.41. The molecule has 0 aliphatic heterocycles. The Bertz CT molecular complexity index is 454. The number of carbonyl (C=O) groups is 1. The monoisotopic (exact) mass is 285 g/mol. The van der Waals surface area contributed by atoms with Crippen LogP contribution in [0.1, 0.15) is 18.1 Å². The Kier molecular flexibility index (Phi) is 4.44. The van der Waals surface area contributed by atoms with Gasteiger partial charge in [0.15, 0.2) is 0 Å². The van der Waals surface area contributed by atoms with Crippen molar-refractivity contribution in [3.63, 3.8) is 0 Å². The van der Waals surface area contributed by atoms with Gasteiger partial charge in [-0.15, -0.1) is 0 Å². The molecule has 0 fully saturated rings. The van der Waals surface area contributed by atoms with Crippen molar-refractivity contribution in [1.82, 2.24) is 0 Å². The normalized spacial score (nSPS) is 9.62. The van der Waals surface area contributed by atoms with Gasteiger partial charge in [-0.05, 0) is 24.6 Å². The molecule has 1 aromatic rings. The minimum absolute atomic E-state index is 0.104. The van der Waals surface area contributed by atoms with Gasteiger partial charge in [0.25, 0.3) is 0 Å². The molecular formula is C11H9BrFNO2. The molecule has 0 N–H and O–H groups in total. The van der Waals surface area contributed by atoms with Crippen LogP contribution in [0.3, 0.4) is 0 Å². The van der Waals surface area contributed by atoms with E-state index >= 15 is 0 Å². The number of nitrogens with zero attached hydrogens (tertiary/aromatic N) is 1. The molecular weight excluding hydrogens is 277 g/mol. The second-order valence-corrected chi connectivity index (χ2v) is 3.93. The van der Waals surface area contributed by atoms with Gasteiger partial charge in [0.05, 0.1) is 18.6 Å². The van der Waals surface area contributed by atoms with Crippen LogP contribution in [0.15, 0.2) is 16.6 Å². The number of benzene rings is 1. The predicted molar refractivity (Wildman–Crippen MR) is 59.2 cm³/mol. The molecule has 16 heavy (non-hydrogen) atoms. The fourth-order valence-corrected chi connectivity index (χ4v) is 1.74. The third-order valence-corrected chi connectivity index (χ3v) is 2.35. The van der Waals surface area contributed by atoms with Crippen LogP contribution >= 0.6 is 15.9 Å². The van der Waals surface area contributed by atoms with Crippen molar-refractivity contribution in [3.8, 4) is 6.07 Å². The van der Waals surface area contributed by atoms with E-state index in [4.69, 9.17) is 10.00 Å². The molecule has 0 aliphatic carbocycles. The quantitative estimate of drug-likeness (QED) is 0.802. The van der Waals surface area contributed by atoms with E-state index in [0.717, 1.165) is 0 Å². The molecule has 0 aromatic heterocycles. The zero-order valence-corrected chi connectivity index (χ0v) is 10.2. The first kappa shape index (κ1) is 12.7. The van der Waals surface area contributed by atoms with E-state index in [1.54, 1.807) is 19.1 Å². The molecule has 1 rings (SSSR count). The largest absolute Gasteiger partial charge is 0.466 e. The molecule has 0 saturated carbocycles. The average molecular weight is 286 g/mol. The van der Waals surface area contributed by atoms with Crippen LogP contribution in [-0.4, -0.2) is 12.6 Å². The number of esters is 1. The van der Waals surface area contributed by atoms with E-state index < -0.39 is 11.8 Å². The Hall–Kier alpha value is -1.41. The lowest BCUT2D eigenvalue weighted by molar-refractivity contribution is -0.142. The van der Waals surface area contributed by atoms with Gasteiger partial charge in [0.1, 0.15) is 11.9 Å². The average Bonchev–Trinajstić information content (AvgIpc) is 2.17. The fourth-order valence-electron chi connectivity index (χ4n) is 1.26. The molecule has 0 aliphatic rings. The number of ether oxygens (including phenoxy) is 1. The number of hydrogen-bond donors (Lipinski definition) is 0. The van der Waals surface area contributed by atoms with Gasteiger partial charge in [0, 0.05) is 4.47 Å². The van der Waals surface area contributed by atoms with Gasteiger partial charge in [-0.2, -0.15) is 5.26 Å². The molecule has 0 spiro atoms. The summed E-state index contributed by atoms with van der Waals surface area (Å²) in [4.78, 5) is 11.2. The van der Waals surface area contributed by atoms with Crippen molar-refractivity contribution in [1.29, 1.82) is 5.26 Å². The van der Waals surface area contributed by atoms with Crippen LogP contribution in [-0.2, 0) is 16.0 Å². The van der Waals surface area contributed by atoms with E-state index in [9.17, 15) is 9.18 Å². The third-order valence-electron chi connectivity index (χ3n) is 1.89. The zero-order valence-electron chi connectivity index (χ0n) is 8.59.